The highest BCUT2D eigenvalue weighted by Gasteiger charge is 2.22. The number of fused-ring (bicyclic) bond motifs is 3. The number of methoxy groups -OCH3 is 1. The number of hydrogen-bond acceptors (Lipinski definition) is 8. The van der Waals surface area contributed by atoms with Crippen LogP contribution in [0.1, 0.15) is 11.5 Å². The molecule has 2 aromatic carbocycles. The van der Waals surface area contributed by atoms with Crippen LogP contribution in [-0.2, 0) is 22.6 Å². The van der Waals surface area contributed by atoms with Gasteiger partial charge in [-0.3, -0.25) is 4.79 Å². The molecule has 0 N–H and O–H groups in total. The summed E-state index contributed by atoms with van der Waals surface area (Å²) < 4.78 is 27.3. The first-order chi connectivity index (χ1) is 15.6. The monoisotopic (exact) mass is 433 g/mol. The molecule has 3 aromatic heterocycles. The fourth-order valence-electron chi connectivity index (χ4n) is 3.23. The predicted octanol–water partition coefficient (Wildman–Crippen LogP) is 2.29. The largest absolute Gasteiger partial charge is 0.486 e. The van der Waals surface area contributed by atoms with E-state index in [1.54, 1.807) is 12.1 Å². The molecule has 0 fully saturated rings. The van der Waals surface area contributed by atoms with Crippen LogP contribution in [0.5, 0.6) is 5.75 Å². The molecule has 0 spiro atoms. The van der Waals surface area contributed by atoms with Crippen LogP contribution in [0.2, 0.25) is 0 Å². The molecular formula is C21H16FN7O3. The van der Waals surface area contributed by atoms with Crippen molar-refractivity contribution < 1.29 is 18.7 Å². The lowest BCUT2D eigenvalue weighted by Gasteiger charge is -2.04. The average Bonchev–Trinajstić information content (AvgIpc) is 3.39. The molecule has 160 valence electrons. The van der Waals surface area contributed by atoms with Crippen LogP contribution in [0.4, 0.5) is 4.39 Å². The molecule has 0 saturated carbocycles. The molecule has 0 unspecified atom stereocenters. The fraction of sp³-hybridized carbons (Fsp3) is 0.143. The van der Waals surface area contributed by atoms with Gasteiger partial charge in [-0.25, -0.2) is 9.07 Å². The minimum atomic E-state index is -0.492. The third-order valence-electron chi connectivity index (χ3n) is 4.68. The second-order valence-electron chi connectivity index (χ2n) is 6.81. The number of halogens is 1. The molecule has 3 heterocycles. The Bertz CT molecular complexity index is 1430. The van der Waals surface area contributed by atoms with Crippen LogP contribution < -0.4 is 4.74 Å². The minimum Gasteiger partial charge on any atom is -0.486 e. The van der Waals surface area contributed by atoms with Gasteiger partial charge in [0.1, 0.15) is 23.9 Å². The summed E-state index contributed by atoms with van der Waals surface area (Å²) in [5.74, 6) is 0.332. The van der Waals surface area contributed by atoms with Crippen LogP contribution in [0.3, 0.4) is 0 Å². The summed E-state index contributed by atoms with van der Waals surface area (Å²) in [6, 6.07) is 15.2. The first-order valence-electron chi connectivity index (χ1n) is 9.63. The second kappa shape index (κ2) is 8.02. The van der Waals surface area contributed by atoms with Gasteiger partial charge in [0, 0.05) is 0 Å². The predicted molar refractivity (Wildman–Crippen MR) is 110 cm³/mol. The zero-order valence-electron chi connectivity index (χ0n) is 16.8. The van der Waals surface area contributed by atoms with Crippen LogP contribution in [0.25, 0.3) is 22.6 Å². The van der Waals surface area contributed by atoms with Crippen molar-refractivity contribution >= 4 is 22.9 Å². The maximum atomic E-state index is 13.9. The molecule has 11 heteroatoms. The summed E-state index contributed by atoms with van der Waals surface area (Å²) in [7, 11) is 1.29. The SMILES string of the molecule is COC(=O)Cc1nn(-c2cccc(F)c2)c2c1nnc1nc(COc3ccccc3)nn12. The average molecular weight is 433 g/mol. The molecule has 10 nitrogen and oxygen atoms in total. The lowest BCUT2D eigenvalue weighted by atomic mass is 10.3. The first-order valence-corrected chi connectivity index (χ1v) is 9.63. The van der Waals surface area contributed by atoms with E-state index < -0.39 is 11.8 Å². The van der Waals surface area contributed by atoms with Gasteiger partial charge in [0.25, 0.3) is 5.78 Å². The lowest BCUT2D eigenvalue weighted by molar-refractivity contribution is -0.139. The van der Waals surface area contributed by atoms with Crippen molar-refractivity contribution in [2.24, 2.45) is 0 Å². The van der Waals surface area contributed by atoms with Gasteiger partial charge in [-0.2, -0.15) is 14.6 Å². The van der Waals surface area contributed by atoms with E-state index in [9.17, 15) is 9.18 Å². The third-order valence-corrected chi connectivity index (χ3v) is 4.68. The summed E-state index contributed by atoms with van der Waals surface area (Å²) in [6.45, 7) is 0.109. The Kier molecular flexibility index (Phi) is 4.90. The van der Waals surface area contributed by atoms with Crippen LogP contribution >= 0.6 is 0 Å². The highest BCUT2D eigenvalue weighted by Crippen LogP contribution is 2.22. The summed E-state index contributed by atoms with van der Waals surface area (Å²) >= 11 is 0. The summed E-state index contributed by atoms with van der Waals surface area (Å²) in [4.78, 5) is 16.2. The van der Waals surface area contributed by atoms with E-state index >= 15 is 0 Å². The number of nitrogens with zero attached hydrogens (tertiary/aromatic N) is 7. The van der Waals surface area contributed by atoms with Gasteiger partial charge in [-0.05, 0) is 30.3 Å². The van der Waals surface area contributed by atoms with Gasteiger partial charge in [-0.1, -0.05) is 24.3 Å². The van der Waals surface area contributed by atoms with E-state index in [0.717, 1.165) is 0 Å². The van der Waals surface area contributed by atoms with Gasteiger partial charge in [0.05, 0.1) is 19.2 Å². The molecule has 0 aliphatic rings. The first kappa shape index (κ1) is 19.5. The van der Waals surface area contributed by atoms with Gasteiger partial charge in [0.2, 0.25) is 0 Å². The van der Waals surface area contributed by atoms with Gasteiger partial charge < -0.3 is 9.47 Å². The zero-order chi connectivity index (χ0) is 22.1. The quantitative estimate of drug-likeness (QED) is 0.375. The molecule has 0 bridgehead atoms. The number of aromatic nitrogens is 7. The van der Waals surface area contributed by atoms with E-state index in [1.807, 2.05) is 30.3 Å². The number of hydrogen-bond donors (Lipinski definition) is 0. The van der Waals surface area contributed by atoms with Crippen molar-refractivity contribution in [3.8, 4) is 11.4 Å². The molecule has 5 aromatic rings. The van der Waals surface area contributed by atoms with E-state index in [2.05, 4.69) is 25.4 Å². The molecular weight excluding hydrogens is 417 g/mol. The highest BCUT2D eigenvalue weighted by molar-refractivity contribution is 5.82. The molecule has 0 amide bonds. The molecule has 32 heavy (non-hydrogen) atoms. The van der Waals surface area contributed by atoms with Crippen molar-refractivity contribution in [3.63, 3.8) is 0 Å². The number of ether oxygens (including phenoxy) is 2. The van der Waals surface area contributed by atoms with Gasteiger partial charge in [0.15, 0.2) is 17.0 Å². The van der Waals surface area contributed by atoms with E-state index in [1.165, 1.54) is 28.4 Å². The maximum Gasteiger partial charge on any atom is 0.311 e. The summed E-state index contributed by atoms with van der Waals surface area (Å²) in [5.41, 5.74) is 1.46. The number of rotatable bonds is 6. The third kappa shape index (κ3) is 3.60. The molecule has 0 radical (unpaired) electrons. The number of carbonyl (C=O) groups excluding carboxylic acids is 1. The molecule has 0 atom stereocenters. The number of carbonyl (C=O) groups is 1. The lowest BCUT2D eigenvalue weighted by Crippen LogP contribution is -2.06. The molecule has 5 rings (SSSR count). The Labute approximate surface area is 180 Å². The Morgan fingerprint density at radius 2 is 1.91 bits per heavy atom. The Morgan fingerprint density at radius 1 is 1.06 bits per heavy atom. The summed E-state index contributed by atoms with van der Waals surface area (Å²) in [5, 5.41) is 17.3. The minimum absolute atomic E-state index is 0.109. The topological polar surface area (TPSA) is 109 Å². The van der Waals surface area contributed by atoms with E-state index in [-0.39, 0.29) is 18.8 Å². The Morgan fingerprint density at radius 3 is 2.69 bits per heavy atom. The highest BCUT2D eigenvalue weighted by atomic mass is 19.1. The Hall–Kier alpha value is -4.41. The summed E-state index contributed by atoms with van der Waals surface area (Å²) in [6.07, 6.45) is -0.131. The molecule has 0 aliphatic heterocycles. The van der Waals surface area contributed by atoms with E-state index in [4.69, 9.17) is 9.47 Å². The van der Waals surface area contributed by atoms with Crippen molar-refractivity contribution in [1.82, 2.24) is 34.6 Å². The molecule has 0 saturated heterocycles. The van der Waals surface area contributed by atoms with Crippen molar-refractivity contribution in [2.75, 3.05) is 7.11 Å². The smallest absolute Gasteiger partial charge is 0.311 e. The Balaban J connectivity index is 1.63. The number of benzene rings is 2. The maximum absolute atomic E-state index is 13.9. The second-order valence-corrected chi connectivity index (χ2v) is 6.81. The van der Waals surface area contributed by atoms with Gasteiger partial charge >= 0.3 is 5.97 Å². The standard InChI is InChI=1S/C21H16FN7O3/c1-31-18(30)11-16-19-20(28(26-16)14-7-5-6-13(22)10-14)29-21(25-24-19)23-17(27-29)12-32-15-8-3-2-4-9-15/h2-10H,11-12H2,1H3. The number of esters is 1. The fourth-order valence-corrected chi connectivity index (χ4v) is 3.23. The van der Waals surface area contributed by atoms with Crippen molar-refractivity contribution in [1.29, 1.82) is 0 Å². The normalized spacial score (nSPS) is 11.2. The molecule has 0 aliphatic carbocycles. The van der Waals surface area contributed by atoms with Crippen LogP contribution in [-0.4, -0.2) is 47.7 Å². The van der Waals surface area contributed by atoms with Gasteiger partial charge in [-0.15, -0.1) is 15.3 Å². The zero-order valence-corrected chi connectivity index (χ0v) is 16.8. The van der Waals surface area contributed by atoms with Crippen molar-refractivity contribution in [2.45, 2.75) is 13.0 Å². The van der Waals surface area contributed by atoms with E-state index in [0.29, 0.717) is 34.1 Å². The van der Waals surface area contributed by atoms with Crippen LogP contribution in [0.15, 0.2) is 54.6 Å². The van der Waals surface area contributed by atoms with Crippen molar-refractivity contribution in [3.05, 3.63) is 71.9 Å². The van der Waals surface area contributed by atoms with Crippen LogP contribution in [0, 0.1) is 5.82 Å². The number of para-hydroxylation sites is 1.